The molecule has 0 aliphatic heterocycles. The lowest BCUT2D eigenvalue weighted by atomic mass is 9.78. The highest BCUT2D eigenvalue weighted by Crippen LogP contribution is 2.35. The van der Waals surface area contributed by atoms with Gasteiger partial charge in [0.05, 0.1) is 6.10 Å². The van der Waals surface area contributed by atoms with Crippen molar-refractivity contribution in [1.29, 1.82) is 0 Å². The molecule has 1 aliphatic rings. The molecule has 1 nitrogen and oxygen atoms in total. The van der Waals surface area contributed by atoms with E-state index in [0.717, 1.165) is 19.3 Å². The van der Waals surface area contributed by atoms with E-state index >= 15 is 0 Å². The number of benzene rings is 1. The molecule has 1 heterocycles. The number of hydrogen-bond acceptors (Lipinski definition) is 2. The SMILES string of the molecule is OC(Cc1ccsc1)C1CCCc2ccccc21. The average molecular weight is 258 g/mol. The van der Waals surface area contributed by atoms with E-state index in [1.165, 1.54) is 23.1 Å². The molecule has 0 saturated heterocycles. The number of aryl methyl sites for hydroxylation is 1. The zero-order valence-corrected chi connectivity index (χ0v) is 11.2. The Balaban J connectivity index is 1.80. The van der Waals surface area contributed by atoms with E-state index in [4.69, 9.17) is 0 Å². The summed E-state index contributed by atoms with van der Waals surface area (Å²) in [6.45, 7) is 0. The monoisotopic (exact) mass is 258 g/mol. The smallest absolute Gasteiger partial charge is 0.0649 e. The first-order valence-electron chi connectivity index (χ1n) is 6.61. The second kappa shape index (κ2) is 5.25. The fraction of sp³-hybridized carbons (Fsp3) is 0.375. The lowest BCUT2D eigenvalue weighted by Crippen LogP contribution is -2.24. The van der Waals surface area contributed by atoms with Gasteiger partial charge in [-0.3, -0.25) is 0 Å². The van der Waals surface area contributed by atoms with Gasteiger partial charge in [-0.1, -0.05) is 24.3 Å². The van der Waals surface area contributed by atoms with E-state index in [-0.39, 0.29) is 6.10 Å². The van der Waals surface area contributed by atoms with Crippen LogP contribution < -0.4 is 0 Å². The van der Waals surface area contributed by atoms with Crippen LogP contribution in [0.25, 0.3) is 0 Å². The van der Waals surface area contributed by atoms with Gasteiger partial charge in [0.25, 0.3) is 0 Å². The van der Waals surface area contributed by atoms with Gasteiger partial charge in [0.2, 0.25) is 0 Å². The summed E-state index contributed by atoms with van der Waals surface area (Å²) >= 11 is 1.70. The van der Waals surface area contributed by atoms with Crippen molar-refractivity contribution in [3.05, 3.63) is 57.8 Å². The number of fused-ring (bicyclic) bond motifs is 1. The molecule has 0 fully saturated rings. The van der Waals surface area contributed by atoms with Gasteiger partial charge in [-0.15, -0.1) is 0 Å². The number of rotatable bonds is 3. The first-order valence-corrected chi connectivity index (χ1v) is 7.56. The maximum Gasteiger partial charge on any atom is 0.0649 e. The number of thiophene rings is 1. The van der Waals surface area contributed by atoms with Crippen LogP contribution in [0.4, 0.5) is 0 Å². The van der Waals surface area contributed by atoms with Gasteiger partial charge in [-0.05, 0) is 59.2 Å². The molecule has 3 rings (SSSR count). The summed E-state index contributed by atoms with van der Waals surface area (Å²) in [6, 6.07) is 10.7. The van der Waals surface area contributed by atoms with Crippen LogP contribution >= 0.6 is 11.3 Å². The number of hydrogen-bond donors (Lipinski definition) is 1. The van der Waals surface area contributed by atoms with Crippen LogP contribution in [0.5, 0.6) is 0 Å². The zero-order valence-electron chi connectivity index (χ0n) is 10.4. The largest absolute Gasteiger partial charge is 0.392 e. The molecule has 2 atom stereocenters. The Kier molecular flexibility index (Phi) is 3.48. The molecule has 2 heteroatoms. The van der Waals surface area contributed by atoms with Crippen LogP contribution in [0.1, 0.15) is 35.4 Å². The standard InChI is InChI=1S/C16H18OS/c17-16(10-12-8-9-18-11-12)15-7-3-5-13-4-1-2-6-14(13)15/h1-2,4,6,8-9,11,15-17H,3,5,7,10H2. The van der Waals surface area contributed by atoms with Crippen LogP contribution in [0.3, 0.4) is 0 Å². The Morgan fingerprint density at radius 2 is 2.17 bits per heavy atom. The zero-order chi connectivity index (χ0) is 12.4. The van der Waals surface area contributed by atoms with Crippen LogP contribution in [0.15, 0.2) is 41.1 Å². The highest BCUT2D eigenvalue weighted by atomic mass is 32.1. The molecule has 1 aromatic carbocycles. The molecule has 1 N–H and O–H groups in total. The van der Waals surface area contributed by atoms with Gasteiger partial charge >= 0.3 is 0 Å². The summed E-state index contributed by atoms with van der Waals surface area (Å²) in [6.07, 6.45) is 4.01. The highest BCUT2D eigenvalue weighted by Gasteiger charge is 2.26. The molecular formula is C16H18OS. The lowest BCUT2D eigenvalue weighted by molar-refractivity contribution is 0.134. The first-order chi connectivity index (χ1) is 8.84. The Hall–Kier alpha value is -1.12. The molecule has 0 amide bonds. The van der Waals surface area contributed by atoms with Crippen molar-refractivity contribution in [2.45, 2.75) is 37.7 Å². The van der Waals surface area contributed by atoms with Crippen molar-refractivity contribution in [3.63, 3.8) is 0 Å². The van der Waals surface area contributed by atoms with Crippen molar-refractivity contribution in [2.24, 2.45) is 0 Å². The van der Waals surface area contributed by atoms with Gasteiger partial charge in [-0.25, -0.2) is 0 Å². The number of aliphatic hydroxyl groups is 1. The third kappa shape index (κ3) is 2.36. The van der Waals surface area contributed by atoms with E-state index in [9.17, 15) is 5.11 Å². The van der Waals surface area contributed by atoms with Gasteiger partial charge < -0.3 is 5.11 Å². The maximum atomic E-state index is 10.5. The minimum Gasteiger partial charge on any atom is -0.392 e. The molecule has 1 aromatic heterocycles. The summed E-state index contributed by atoms with van der Waals surface area (Å²) in [4.78, 5) is 0. The highest BCUT2D eigenvalue weighted by molar-refractivity contribution is 7.07. The Morgan fingerprint density at radius 1 is 1.28 bits per heavy atom. The summed E-state index contributed by atoms with van der Waals surface area (Å²) in [7, 11) is 0. The van der Waals surface area contributed by atoms with Gasteiger partial charge in [0, 0.05) is 5.92 Å². The third-order valence-corrected chi connectivity index (χ3v) is 4.64. The molecule has 2 aromatic rings. The normalized spacial score (nSPS) is 20.4. The van der Waals surface area contributed by atoms with Crippen LogP contribution in [-0.4, -0.2) is 11.2 Å². The maximum absolute atomic E-state index is 10.5. The first kappa shape index (κ1) is 11.9. The van der Waals surface area contributed by atoms with E-state index < -0.39 is 0 Å². The third-order valence-electron chi connectivity index (χ3n) is 3.91. The Morgan fingerprint density at radius 3 is 3.00 bits per heavy atom. The molecule has 0 spiro atoms. The van der Waals surface area contributed by atoms with Crippen LogP contribution in [0.2, 0.25) is 0 Å². The molecular weight excluding hydrogens is 240 g/mol. The van der Waals surface area contributed by atoms with E-state index in [0.29, 0.717) is 5.92 Å². The summed E-state index contributed by atoms with van der Waals surface area (Å²) in [5, 5.41) is 14.7. The van der Waals surface area contributed by atoms with Gasteiger partial charge in [0.1, 0.15) is 0 Å². The minimum atomic E-state index is -0.249. The van der Waals surface area contributed by atoms with Crippen molar-refractivity contribution >= 4 is 11.3 Å². The van der Waals surface area contributed by atoms with Gasteiger partial charge in [0.15, 0.2) is 0 Å². The van der Waals surface area contributed by atoms with Crippen LogP contribution in [0, 0.1) is 0 Å². The quantitative estimate of drug-likeness (QED) is 0.888. The molecule has 1 aliphatic carbocycles. The van der Waals surface area contributed by atoms with E-state index in [2.05, 4.69) is 41.1 Å². The molecule has 94 valence electrons. The molecule has 0 radical (unpaired) electrons. The lowest BCUT2D eigenvalue weighted by Gasteiger charge is -2.29. The van der Waals surface area contributed by atoms with E-state index in [1.807, 2.05) is 0 Å². The fourth-order valence-electron chi connectivity index (χ4n) is 2.98. The Bertz CT molecular complexity index is 504. The van der Waals surface area contributed by atoms with Gasteiger partial charge in [-0.2, -0.15) is 11.3 Å². The minimum absolute atomic E-state index is 0.249. The van der Waals surface area contributed by atoms with Crippen molar-refractivity contribution in [1.82, 2.24) is 0 Å². The molecule has 0 saturated carbocycles. The predicted molar refractivity (Wildman–Crippen MR) is 76.2 cm³/mol. The second-order valence-corrected chi connectivity index (χ2v) is 5.88. The summed E-state index contributed by atoms with van der Waals surface area (Å²) in [5.41, 5.74) is 4.06. The number of aliphatic hydroxyl groups excluding tert-OH is 1. The molecule has 0 bridgehead atoms. The summed E-state index contributed by atoms with van der Waals surface area (Å²) < 4.78 is 0. The van der Waals surface area contributed by atoms with Crippen molar-refractivity contribution in [3.8, 4) is 0 Å². The molecule has 18 heavy (non-hydrogen) atoms. The van der Waals surface area contributed by atoms with Crippen LogP contribution in [-0.2, 0) is 12.8 Å². The fourth-order valence-corrected chi connectivity index (χ4v) is 3.67. The van der Waals surface area contributed by atoms with Crippen molar-refractivity contribution in [2.75, 3.05) is 0 Å². The predicted octanol–water partition coefficient (Wildman–Crippen LogP) is 3.77. The topological polar surface area (TPSA) is 20.2 Å². The van der Waals surface area contributed by atoms with E-state index in [1.54, 1.807) is 11.3 Å². The Labute approximate surface area is 112 Å². The second-order valence-electron chi connectivity index (χ2n) is 5.10. The summed E-state index contributed by atoms with van der Waals surface area (Å²) in [5.74, 6) is 0.315. The molecule has 2 unspecified atom stereocenters. The average Bonchev–Trinajstić information content (AvgIpc) is 2.91. The van der Waals surface area contributed by atoms with Crippen molar-refractivity contribution < 1.29 is 5.11 Å².